The molecule has 6 nitrogen and oxygen atoms in total. The highest BCUT2D eigenvalue weighted by Crippen LogP contribution is 2.29. The molecular formula is C15H16N4O2. The smallest absolute Gasteiger partial charge is 0.292 e. The van der Waals surface area contributed by atoms with Gasteiger partial charge in [-0.2, -0.15) is 4.98 Å². The fraction of sp³-hybridized carbons (Fsp3) is 0.400. The van der Waals surface area contributed by atoms with E-state index in [0.29, 0.717) is 5.89 Å². The van der Waals surface area contributed by atoms with E-state index in [1.807, 2.05) is 12.1 Å². The van der Waals surface area contributed by atoms with Gasteiger partial charge in [0.1, 0.15) is 0 Å². The van der Waals surface area contributed by atoms with E-state index in [2.05, 4.69) is 32.9 Å². The average molecular weight is 284 g/mol. The van der Waals surface area contributed by atoms with Crippen LogP contribution in [-0.4, -0.2) is 28.6 Å². The Kier molecular flexibility index (Phi) is 2.96. The van der Waals surface area contributed by atoms with Crippen LogP contribution in [0.15, 0.2) is 28.8 Å². The molecule has 1 fully saturated rings. The normalized spacial score (nSPS) is 20.9. The first-order valence-corrected chi connectivity index (χ1v) is 7.24. The quantitative estimate of drug-likeness (QED) is 0.885. The van der Waals surface area contributed by atoms with Crippen LogP contribution in [0.5, 0.6) is 0 Å². The monoisotopic (exact) mass is 284 g/mol. The van der Waals surface area contributed by atoms with Gasteiger partial charge in [-0.25, -0.2) is 0 Å². The molecule has 1 unspecified atom stereocenters. The Labute approximate surface area is 121 Å². The second kappa shape index (κ2) is 4.96. The second-order valence-corrected chi connectivity index (χ2v) is 5.59. The molecular weight excluding hydrogens is 268 g/mol. The summed E-state index contributed by atoms with van der Waals surface area (Å²) in [5, 5.41) is 10.0. The Morgan fingerprint density at radius 2 is 2.19 bits per heavy atom. The third kappa shape index (κ3) is 2.42. The Morgan fingerprint density at radius 1 is 1.33 bits per heavy atom. The molecule has 1 aliphatic carbocycles. The maximum atomic E-state index is 11.9. The summed E-state index contributed by atoms with van der Waals surface area (Å²) in [4.78, 5) is 16.2. The number of fused-ring (bicyclic) bond motifs is 1. The van der Waals surface area contributed by atoms with E-state index < -0.39 is 0 Å². The van der Waals surface area contributed by atoms with E-state index in [0.717, 1.165) is 25.9 Å². The molecule has 2 heterocycles. The molecule has 2 N–H and O–H groups in total. The van der Waals surface area contributed by atoms with Crippen LogP contribution < -0.4 is 10.6 Å². The summed E-state index contributed by atoms with van der Waals surface area (Å²) in [6.45, 7) is 1.58. The molecule has 1 saturated carbocycles. The summed E-state index contributed by atoms with van der Waals surface area (Å²) in [5.74, 6) is 0.380. The van der Waals surface area contributed by atoms with Crippen molar-refractivity contribution in [3.05, 3.63) is 47.1 Å². The first kappa shape index (κ1) is 12.5. The Bertz CT molecular complexity index is 678. The predicted molar refractivity (Wildman–Crippen MR) is 74.8 cm³/mol. The number of hydrogen-bond donors (Lipinski definition) is 2. The van der Waals surface area contributed by atoms with Crippen molar-refractivity contribution in [3.8, 4) is 0 Å². The molecule has 1 aliphatic heterocycles. The lowest BCUT2D eigenvalue weighted by Gasteiger charge is -2.23. The summed E-state index contributed by atoms with van der Waals surface area (Å²) < 4.78 is 5.32. The zero-order valence-electron chi connectivity index (χ0n) is 11.5. The van der Waals surface area contributed by atoms with Gasteiger partial charge in [-0.3, -0.25) is 4.79 Å². The first-order valence-electron chi connectivity index (χ1n) is 7.24. The lowest BCUT2D eigenvalue weighted by molar-refractivity contribution is 0.0937. The zero-order chi connectivity index (χ0) is 14.2. The first-order chi connectivity index (χ1) is 10.3. The van der Waals surface area contributed by atoms with Crippen LogP contribution in [0.3, 0.4) is 0 Å². The van der Waals surface area contributed by atoms with E-state index in [4.69, 9.17) is 4.52 Å². The van der Waals surface area contributed by atoms with Crippen LogP contribution in [0.25, 0.3) is 0 Å². The minimum Gasteiger partial charge on any atom is -0.346 e. The van der Waals surface area contributed by atoms with Gasteiger partial charge >= 0.3 is 0 Å². The SMILES string of the molecule is O=C(NC1CC1)c1noc(C2CNCc3ccccc32)n1. The molecule has 0 saturated heterocycles. The molecule has 108 valence electrons. The summed E-state index contributed by atoms with van der Waals surface area (Å²) in [6.07, 6.45) is 2.08. The standard InChI is InChI=1S/C15H16N4O2/c20-14(17-10-5-6-10)13-18-15(21-19-13)12-8-16-7-9-3-1-2-4-11(9)12/h1-4,10,12,16H,5-8H2,(H,17,20). The number of carbonyl (C=O) groups excluding carboxylic acids is 1. The van der Waals surface area contributed by atoms with E-state index in [9.17, 15) is 4.79 Å². The van der Waals surface area contributed by atoms with E-state index >= 15 is 0 Å². The summed E-state index contributed by atoms with van der Waals surface area (Å²) in [6, 6.07) is 8.48. The number of benzene rings is 1. The minimum absolute atomic E-state index is 0.00456. The van der Waals surface area contributed by atoms with Crippen molar-refractivity contribution < 1.29 is 9.32 Å². The molecule has 1 aromatic heterocycles. The maximum absolute atomic E-state index is 11.9. The van der Waals surface area contributed by atoms with Crippen molar-refractivity contribution in [3.63, 3.8) is 0 Å². The number of amides is 1. The molecule has 0 spiro atoms. The van der Waals surface area contributed by atoms with Crippen molar-refractivity contribution in [2.75, 3.05) is 6.54 Å². The van der Waals surface area contributed by atoms with Gasteiger partial charge in [0.2, 0.25) is 5.89 Å². The van der Waals surface area contributed by atoms with Crippen LogP contribution in [0.1, 0.15) is 46.4 Å². The molecule has 1 amide bonds. The van der Waals surface area contributed by atoms with Gasteiger partial charge in [-0.05, 0) is 24.0 Å². The van der Waals surface area contributed by atoms with E-state index in [1.54, 1.807) is 0 Å². The Balaban J connectivity index is 1.59. The molecule has 0 radical (unpaired) electrons. The van der Waals surface area contributed by atoms with Crippen LogP contribution >= 0.6 is 0 Å². The lowest BCUT2D eigenvalue weighted by Crippen LogP contribution is -2.29. The van der Waals surface area contributed by atoms with Crippen molar-refractivity contribution >= 4 is 5.91 Å². The number of hydrogen-bond acceptors (Lipinski definition) is 5. The van der Waals surface area contributed by atoms with Gasteiger partial charge in [-0.1, -0.05) is 29.4 Å². The third-order valence-electron chi connectivity index (χ3n) is 3.95. The highest BCUT2D eigenvalue weighted by atomic mass is 16.5. The van der Waals surface area contributed by atoms with Gasteiger partial charge in [-0.15, -0.1) is 0 Å². The summed E-state index contributed by atoms with van der Waals surface area (Å²) in [5.41, 5.74) is 2.42. The van der Waals surface area contributed by atoms with Gasteiger partial charge in [0.25, 0.3) is 11.7 Å². The van der Waals surface area contributed by atoms with E-state index in [1.165, 1.54) is 11.1 Å². The summed E-state index contributed by atoms with van der Waals surface area (Å²) >= 11 is 0. The predicted octanol–water partition coefficient (Wildman–Crippen LogP) is 1.20. The molecule has 2 aromatic rings. The highest BCUT2D eigenvalue weighted by Gasteiger charge is 2.29. The van der Waals surface area contributed by atoms with Gasteiger partial charge in [0, 0.05) is 19.1 Å². The number of nitrogens with zero attached hydrogens (tertiary/aromatic N) is 2. The molecule has 4 rings (SSSR count). The van der Waals surface area contributed by atoms with Crippen LogP contribution in [-0.2, 0) is 6.54 Å². The molecule has 2 aliphatic rings. The Hall–Kier alpha value is -2.21. The van der Waals surface area contributed by atoms with Gasteiger partial charge in [0.05, 0.1) is 5.92 Å². The third-order valence-corrected chi connectivity index (χ3v) is 3.95. The molecule has 0 bridgehead atoms. The van der Waals surface area contributed by atoms with Crippen molar-refractivity contribution in [1.29, 1.82) is 0 Å². The number of aromatic nitrogens is 2. The van der Waals surface area contributed by atoms with Crippen LogP contribution in [0, 0.1) is 0 Å². The Morgan fingerprint density at radius 3 is 3.05 bits per heavy atom. The number of rotatable bonds is 3. The average Bonchev–Trinajstić information content (AvgIpc) is 3.19. The molecule has 6 heteroatoms. The minimum atomic E-state index is -0.246. The fourth-order valence-electron chi connectivity index (χ4n) is 2.66. The highest BCUT2D eigenvalue weighted by molar-refractivity contribution is 5.90. The number of carbonyl (C=O) groups is 1. The number of nitrogens with one attached hydrogen (secondary N) is 2. The van der Waals surface area contributed by atoms with Crippen molar-refractivity contribution in [1.82, 2.24) is 20.8 Å². The van der Waals surface area contributed by atoms with Gasteiger partial charge < -0.3 is 15.2 Å². The second-order valence-electron chi connectivity index (χ2n) is 5.59. The topological polar surface area (TPSA) is 80.0 Å². The lowest BCUT2D eigenvalue weighted by atomic mass is 9.91. The molecule has 21 heavy (non-hydrogen) atoms. The van der Waals surface area contributed by atoms with Crippen LogP contribution in [0.2, 0.25) is 0 Å². The van der Waals surface area contributed by atoms with Crippen molar-refractivity contribution in [2.24, 2.45) is 0 Å². The van der Waals surface area contributed by atoms with Crippen LogP contribution in [0.4, 0.5) is 0 Å². The zero-order valence-corrected chi connectivity index (χ0v) is 11.5. The largest absolute Gasteiger partial charge is 0.346 e. The van der Waals surface area contributed by atoms with Gasteiger partial charge in [0.15, 0.2) is 0 Å². The molecule has 1 atom stereocenters. The fourth-order valence-corrected chi connectivity index (χ4v) is 2.66. The summed E-state index contributed by atoms with van der Waals surface area (Å²) in [7, 11) is 0. The maximum Gasteiger partial charge on any atom is 0.292 e. The molecule has 1 aromatic carbocycles. The van der Waals surface area contributed by atoms with Crippen molar-refractivity contribution in [2.45, 2.75) is 31.3 Å². The van der Waals surface area contributed by atoms with E-state index in [-0.39, 0.29) is 23.7 Å².